The third-order valence-corrected chi connectivity index (χ3v) is 3.69. The van der Waals surface area contributed by atoms with Crippen molar-refractivity contribution in [1.29, 1.82) is 0 Å². The van der Waals surface area contributed by atoms with Crippen molar-refractivity contribution < 1.29 is 14.6 Å². The molecule has 2 aromatic rings. The van der Waals surface area contributed by atoms with Crippen molar-refractivity contribution in [2.24, 2.45) is 0 Å². The molecule has 1 N–H and O–H groups in total. The number of phenolic OH excluding ortho intramolecular Hbond substituents is 1. The van der Waals surface area contributed by atoms with Crippen molar-refractivity contribution in [2.45, 2.75) is 12.8 Å². The maximum absolute atomic E-state index is 12.2. The van der Waals surface area contributed by atoms with Crippen LogP contribution in [0.1, 0.15) is 29.5 Å². The second-order valence-electron chi connectivity index (χ2n) is 4.94. The molecule has 0 aliphatic heterocycles. The molecule has 0 spiro atoms. The molecule has 3 heteroatoms. The van der Waals surface area contributed by atoms with E-state index in [1.165, 1.54) is 0 Å². The van der Waals surface area contributed by atoms with E-state index < -0.39 is 0 Å². The zero-order valence-corrected chi connectivity index (χ0v) is 11.7. The molecule has 1 aliphatic rings. The van der Waals surface area contributed by atoms with E-state index in [9.17, 15) is 9.90 Å². The predicted molar refractivity (Wildman–Crippen MR) is 81.0 cm³/mol. The second kappa shape index (κ2) is 5.44. The van der Waals surface area contributed by atoms with E-state index in [1.807, 2.05) is 42.5 Å². The highest BCUT2D eigenvalue weighted by Crippen LogP contribution is 2.44. The summed E-state index contributed by atoms with van der Waals surface area (Å²) in [7, 11) is 0. The molecule has 0 saturated heterocycles. The fourth-order valence-electron chi connectivity index (χ4n) is 2.78. The van der Waals surface area contributed by atoms with Gasteiger partial charge in [-0.25, -0.2) is 4.79 Å². The molecule has 1 atom stereocenters. The van der Waals surface area contributed by atoms with Crippen LogP contribution in [-0.2, 0) is 9.53 Å². The molecule has 1 aliphatic carbocycles. The normalized spacial score (nSPS) is 16.2. The minimum atomic E-state index is -0.332. The van der Waals surface area contributed by atoms with E-state index in [0.29, 0.717) is 12.2 Å². The fourth-order valence-corrected chi connectivity index (χ4v) is 2.78. The Balaban J connectivity index is 2.13. The highest BCUT2D eigenvalue weighted by Gasteiger charge is 2.33. The lowest BCUT2D eigenvalue weighted by Gasteiger charge is -2.17. The largest absolute Gasteiger partial charge is 0.508 e. The molecule has 0 radical (unpaired) electrons. The van der Waals surface area contributed by atoms with Gasteiger partial charge in [0.1, 0.15) is 5.75 Å². The number of carbonyl (C=O) groups is 1. The number of benzene rings is 2. The van der Waals surface area contributed by atoms with Crippen LogP contribution >= 0.6 is 0 Å². The first-order valence-electron chi connectivity index (χ1n) is 6.98. The maximum Gasteiger partial charge on any atom is 0.334 e. The molecule has 2 aromatic carbocycles. The summed E-state index contributed by atoms with van der Waals surface area (Å²) in [6.07, 6.45) is 1.85. The van der Waals surface area contributed by atoms with E-state index in [1.54, 1.807) is 19.1 Å². The average Bonchev–Trinajstić information content (AvgIpc) is 2.87. The smallest absolute Gasteiger partial charge is 0.334 e. The first-order valence-corrected chi connectivity index (χ1v) is 6.98. The lowest BCUT2D eigenvalue weighted by Crippen LogP contribution is -2.13. The third-order valence-electron chi connectivity index (χ3n) is 3.69. The van der Waals surface area contributed by atoms with Gasteiger partial charge in [0.2, 0.25) is 0 Å². The Hall–Kier alpha value is -2.55. The summed E-state index contributed by atoms with van der Waals surface area (Å²) in [6.45, 7) is 2.12. The maximum atomic E-state index is 12.2. The number of aromatic hydroxyl groups is 1. The summed E-state index contributed by atoms with van der Waals surface area (Å²) in [5.74, 6) is -0.419. The monoisotopic (exact) mass is 280 g/mol. The number of esters is 1. The summed E-state index contributed by atoms with van der Waals surface area (Å²) >= 11 is 0. The predicted octanol–water partition coefficient (Wildman–Crippen LogP) is 3.48. The Morgan fingerprint density at radius 2 is 1.76 bits per heavy atom. The summed E-state index contributed by atoms with van der Waals surface area (Å²) in [4.78, 5) is 12.2. The standard InChI is InChI=1S/C18H16O3/c1-2-21-18(20)15-11-12-7-3-4-8-13(12)17(15)14-9-5-6-10-16(14)19/h3-11,17,19H,2H2,1H3. The zero-order chi connectivity index (χ0) is 14.8. The Kier molecular flexibility index (Phi) is 3.48. The van der Waals surface area contributed by atoms with Crippen LogP contribution in [0.4, 0.5) is 0 Å². The Morgan fingerprint density at radius 3 is 2.48 bits per heavy atom. The number of fused-ring (bicyclic) bond motifs is 1. The molecular weight excluding hydrogens is 264 g/mol. The van der Waals surface area contributed by atoms with Crippen LogP contribution in [0, 0.1) is 0 Å². The van der Waals surface area contributed by atoms with Crippen LogP contribution in [0.15, 0.2) is 54.1 Å². The van der Waals surface area contributed by atoms with Crippen LogP contribution in [-0.4, -0.2) is 17.7 Å². The van der Waals surface area contributed by atoms with Gasteiger partial charge < -0.3 is 9.84 Å². The number of rotatable bonds is 3. The first kappa shape index (κ1) is 13.4. The lowest BCUT2D eigenvalue weighted by atomic mass is 9.88. The van der Waals surface area contributed by atoms with Gasteiger partial charge in [-0.1, -0.05) is 42.5 Å². The van der Waals surface area contributed by atoms with Crippen molar-refractivity contribution in [2.75, 3.05) is 6.61 Å². The van der Waals surface area contributed by atoms with Crippen molar-refractivity contribution in [3.63, 3.8) is 0 Å². The summed E-state index contributed by atoms with van der Waals surface area (Å²) in [5, 5.41) is 10.1. The van der Waals surface area contributed by atoms with Gasteiger partial charge >= 0.3 is 5.97 Å². The second-order valence-corrected chi connectivity index (χ2v) is 4.94. The lowest BCUT2D eigenvalue weighted by molar-refractivity contribution is -0.138. The van der Waals surface area contributed by atoms with Gasteiger partial charge in [0.05, 0.1) is 6.61 Å². The van der Waals surface area contributed by atoms with E-state index in [2.05, 4.69) is 0 Å². The van der Waals surface area contributed by atoms with Gasteiger partial charge in [-0.05, 0) is 30.2 Å². The number of ether oxygens (including phenoxy) is 1. The van der Waals surface area contributed by atoms with Gasteiger partial charge in [-0.15, -0.1) is 0 Å². The van der Waals surface area contributed by atoms with Crippen molar-refractivity contribution in [3.05, 3.63) is 70.8 Å². The molecule has 0 heterocycles. The van der Waals surface area contributed by atoms with Gasteiger partial charge in [-0.2, -0.15) is 0 Å². The van der Waals surface area contributed by atoms with E-state index in [-0.39, 0.29) is 17.6 Å². The number of para-hydroxylation sites is 1. The van der Waals surface area contributed by atoms with Crippen molar-refractivity contribution in [3.8, 4) is 5.75 Å². The summed E-state index contributed by atoms with van der Waals surface area (Å²) in [5.41, 5.74) is 3.30. The molecule has 0 saturated carbocycles. The molecule has 21 heavy (non-hydrogen) atoms. The van der Waals surface area contributed by atoms with Gasteiger partial charge in [0, 0.05) is 17.1 Å². The third kappa shape index (κ3) is 2.31. The highest BCUT2D eigenvalue weighted by molar-refractivity contribution is 5.99. The van der Waals surface area contributed by atoms with Crippen LogP contribution < -0.4 is 0 Å². The van der Waals surface area contributed by atoms with E-state index in [0.717, 1.165) is 16.7 Å². The number of phenols is 1. The topological polar surface area (TPSA) is 46.5 Å². The van der Waals surface area contributed by atoms with Crippen LogP contribution in [0.2, 0.25) is 0 Å². The summed E-state index contributed by atoms with van der Waals surface area (Å²) < 4.78 is 5.16. The molecule has 0 aromatic heterocycles. The average molecular weight is 280 g/mol. The number of hydrogen-bond donors (Lipinski definition) is 1. The molecule has 0 fully saturated rings. The van der Waals surface area contributed by atoms with Crippen LogP contribution in [0.25, 0.3) is 6.08 Å². The molecule has 1 unspecified atom stereocenters. The molecular formula is C18H16O3. The van der Waals surface area contributed by atoms with E-state index in [4.69, 9.17) is 4.74 Å². The first-order chi connectivity index (χ1) is 10.2. The van der Waals surface area contributed by atoms with Crippen molar-refractivity contribution in [1.82, 2.24) is 0 Å². The van der Waals surface area contributed by atoms with Gasteiger partial charge in [0.25, 0.3) is 0 Å². The minimum absolute atomic E-state index is 0.189. The van der Waals surface area contributed by atoms with Crippen molar-refractivity contribution >= 4 is 12.0 Å². The van der Waals surface area contributed by atoms with Gasteiger partial charge in [-0.3, -0.25) is 0 Å². The fraction of sp³-hybridized carbons (Fsp3) is 0.167. The molecule has 0 amide bonds. The quantitative estimate of drug-likeness (QED) is 0.875. The highest BCUT2D eigenvalue weighted by atomic mass is 16.5. The zero-order valence-electron chi connectivity index (χ0n) is 11.7. The van der Waals surface area contributed by atoms with Gasteiger partial charge in [0.15, 0.2) is 0 Å². The van der Waals surface area contributed by atoms with E-state index >= 15 is 0 Å². The van der Waals surface area contributed by atoms with Crippen LogP contribution in [0.5, 0.6) is 5.75 Å². The van der Waals surface area contributed by atoms with Crippen LogP contribution in [0.3, 0.4) is 0 Å². The number of carbonyl (C=O) groups excluding carboxylic acids is 1. The minimum Gasteiger partial charge on any atom is -0.508 e. The Labute approximate surface area is 123 Å². The number of hydrogen-bond acceptors (Lipinski definition) is 3. The SMILES string of the molecule is CCOC(=O)C1=Cc2ccccc2C1c1ccccc1O. The Bertz CT molecular complexity index is 716. The molecule has 0 bridgehead atoms. The Morgan fingerprint density at radius 1 is 1.10 bits per heavy atom. The molecule has 3 nitrogen and oxygen atoms in total. The summed E-state index contributed by atoms with van der Waals surface area (Å²) in [6, 6.07) is 14.9. The molecule has 106 valence electrons. The molecule has 3 rings (SSSR count).